The van der Waals surface area contributed by atoms with Gasteiger partial charge in [-0.2, -0.15) is 0 Å². The third-order valence-corrected chi connectivity index (χ3v) is 3.20. The highest BCUT2D eigenvalue weighted by Gasteiger charge is 2.05. The SMILES string of the molecule is NCc1cc(=O)c2ccc(OCc3ccccc3)cc2o1. The Morgan fingerprint density at radius 3 is 2.62 bits per heavy atom. The molecule has 0 aliphatic rings. The van der Waals surface area contributed by atoms with Crippen molar-refractivity contribution in [3.05, 3.63) is 76.1 Å². The Bertz CT molecular complexity index is 809. The lowest BCUT2D eigenvalue weighted by Gasteiger charge is -2.07. The maximum atomic E-state index is 11.9. The van der Waals surface area contributed by atoms with E-state index in [4.69, 9.17) is 14.9 Å². The Morgan fingerprint density at radius 2 is 1.86 bits per heavy atom. The molecule has 0 fully saturated rings. The summed E-state index contributed by atoms with van der Waals surface area (Å²) in [7, 11) is 0. The van der Waals surface area contributed by atoms with E-state index in [9.17, 15) is 4.79 Å². The van der Waals surface area contributed by atoms with Gasteiger partial charge in [-0.25, -0.2) is 0 Å². The van der Waals surface area contributed by atoms with E-state index in [1.165, 1.54) is 6.07 Å². The molecular weight excluding hydrogens is 266 g/mol. The van der Waals surface area contributed by atoms with Crippen LogP contribution in [0.4, 0.5) is 0 Å². The summed E-state index contributed by atoms with van der Waals surface area (Å²) in [6, 6.07) is 16.5. The first-order valence-corrected chi connectivity index (χ1v) is 6.70. The van der Waals surface area contributed by atoms with E-state index in [-0.39, 0.29) is 12.0 Å². The average Bonchev–Trinajstić information content (AvgIpc) is 2.53. The molecule has 0 atom stereocenters. The second-order valence-electron chi connectivity index (χ2n) is 4.71. The molecule has 2 N–H and O–H groups in total. The third-order valence-electron chi connectivity index (χ3n) is 3.20. The fraction of sp³-hybridized carbons (Fsp3) is 0.118. The van der Waals surface area contributed by atoms with E-state index in [0.717, 1.165) is 5.56 Å². The van der Waals surface area contributed by atoms with Crippen molar-refractivity contribution in [2.45, 2.75) is 13.2 Å². The van der Waals surface area contributed by atoms with Gasteiger partial charge >= 0.3 is 0 Å². The van der Waals surface area contributed by atoms with Gasteiger partial charge in [0.2, 0.25) is 0 Å². The lowest BCUT2D eigenvalue weighted by Crippen LogP contribution is -2.05. The molecule has 4 heteroatoms. The zero-order chi connectivity index (χ0) is 14.7. The molecule has 0 unspecified atom stereocenters. The molecule has 1 heterocycles. The van der Waals surface area contributed by atoms with Crippen LogP contribution in [-0.4, -0.2) is 0 Å². The molecule has 4 nitrogen and oxygen atoms in total. The topological polar surface area (TPSA) is 65.5 Å². The highest BCUT2D eigenvalue weighted by molar-refractivity contribution is 5.77. The molecule has 21 heavy (non-hydrogen) atoms. The van der Waals surface area contributed by atoms with Crippen LogP contribution >= 0.6 is 0 Å². The zero-order valence-corrected chi connectivity index (χ0v) is 11.4. The lowest BCUT2D eigenvalue weighted by molar-refractivity contribution is 0.306. The summed E-state index contributed by atoms with van der Waals surface area (Å²) in [5.74, 6) is 1.12. The number of hydrogen-bond acceptors (Lipinski definition) is 4. The van der Waals surface area contributed by atoms with Crippen molar-refractivity contribution in [3.63, 3.8) is 0 Å². The molecule has 0 saturated heterocycles. The maximum absolute atomic E-state index is 11.9. The fourth-order valence-electron chi connectivity index (χ4n) is 2.12. The summed E-state index contributed by atoms with van der Waals surface area (Å²) in [6.45, 7) is 0.660. The minimum Gasteiger partial charge on any atom is -0.489 e. The standard InChI is InChI=1S/C17H15NO3/c18-10-14-8-16(19)15-7-6-13(9-17(15)21-14)20-11-12-4-2-1-3-5-12/h1-9H,10-11,18H2. The van der Waals surface area contributed by atoms with Gasteiger partial charge in [0.1, 0.15) is 23.7 Å². The number of hydrogen-bond donors (Lipinski definition) is 1. The average molecular weight is 281 g/mol. The van der Waals surface area contributed by atoms with Crippen molar-refractivity contribution in [3.8, 4) is 5.75 Å². The van der Waals surface area contributed by atoms with Crippen LogP contribution in [0.2, 0.25) is 0 Å². The van der Waals surface area contributed by atoms with Crippen molar-refractivity contribution in [2.75, 3.05) is 0 Å². The Kier molecular flexibility index (Phi) is 3.71. The van der Waals surface area contributed by atoms with E-state index in [2.05, 4.69) is 0 Å². The molecule has 0 radical (unpaired) electrons. The molecule has 0 aliphatic carbocycles. The van der Waals surface area contributed by atoms with E-state index >= 15 is 0 Å². The minimum atomic E-state index is -0.0914. The summed E-state index contributed by atoms with van der Waals surface area (Å²) in [5.41, 5.74) is 7.00. The summed E-state index contributed by atoms with van der Waals surface area (Å²) >= 11 is 0. The van der Waals surface area contributed by atoms with Crippen molar-refractivity contribution in [1.29, 1.82) is 0 Å². The number of nitrogens with two attached hydrogens (primary N) is 1. The predicted octanol–water partition coefficient (Wildman–Crippen LogP) is 2.83. The number of ether oxygens (including phenoxy) is 1. The van der Waals surface area contributed by atoms with Crippen LogP contribution in [0.5, 0.6) is 5.75 Å². The minimum absolute atomic E-state index is 0.0914. The van der Waals surface area contributed by atoms with Crippen LogP contribution in [0.1, 0.15) is 11.3 Å². The third kappa shape index (κ3) is 2.95. The van der Waals surface area contributed by atoms with Crippen LogP contribution in [0.3, 0.4) is 0 Å². The lowest BCUT2D eigenvalue weighted by atomic mass is 10.2. The van der Waals surface area contributed by atoms with Gasteiger partial charge in [0.15, 0.2) is 5.43 Å². The molecule has 1 aromatic heterocycles. The number of fused-ring (bicyclic) bond motifs is 1. The summed E-state index contributed by atoms with van der Waals surface area (Å²) in [6.07, 6.45) is 0. The van der Waals surface area contributed by atoms with Crippen LogP contribution in [0.25, 0.3) is 11.0 Å². The molecule has 3 rings (SSSR count). The van der Waals surface area contributed by atoms with Gasteiger partial charge in [-0.3, -0.25) is 4.79 Å². The Hall–Kier alpha value is -2.59. The van der Waals surface area contributed by atoms with E-state index in [1.54, 1.807) is 18.2 Å². The summed E-state index contributed by atoms with van der Waals surface area (Å²) in [5, 5.41) is 0.527. The fourth-order valence-corrected chi connectivity index (χ4v) is 2.12. The smallest absolute Gasteiger partial charge is 0.193 e. The van der Waals surface area contributed by atoms with Crippen LogP contribution in [-0.2, 0) is 13.2 Å². The second kappa shape index (κ2) is 5.81. The van der Waals surface area contributed by atoms with E-state index in [0.29, 0.717) is 29.1 Å². The molecular formula is C17H15NO3. The first kappa shape index (κ1) is 13.4. The van der Waals surface area contributed by atoms with E-state index < -0.39 is 0 Å². The largest absolute Gasteiger partial charge is 0.489 e. The van der Waals surface area contributed by atoms with Crippen molar-refractivity contribution in [1.82, 2.24) is 0 Å². The van der Waals surface area contributed by atoms with Crippen molar-refractivity contribution >= 4 is 11.0 Å². The highest BCUT2D eigenvalue weighted by Crippen LogP contribution is 2.20. The molecule has 3 aromatic rings. The van der Waals surface area contributed by atoms with Gasteiger partial charge in [0.05, 0.1) is 11.9 Å². The Labute approximate surface area is 121 Å². The van der Waals surface area contributed by atoms with Gasteiger partial charge in [0.25, 0.3) is 0 Å². The van der Waals surface area contributed by atoms with E-state index in [1.807, 2.05) is 30.3 Å². The molecule has 2 aromatic carbocycles. The van der Waals surface area contributed by atoms with Gasteiger partial charge in [-0.15, -0.1) is 0 Å². The Morgan fingerprint density at radius 1 is 1.05 bits per heavy atom. The van der Waals surface area contributed by atoms with Gasteiger partial charge in [-0.05, 0) is 17.7 Å². The van der Waals surface area contributed by atoms with Crippen LogP contribution < -0.4 is 15.9 Å². The van der Waals surface area contributed by atoms with Crippen LogP contribution in [0.15, 0.2) is 63.8 Å². The molecule has 0 amide bonds. The summed E-state index contributed by atoms with van der Waals surface area (Å²) < 4.78 is 11.3. The summed E-state index contributed by atoms with van der Waals surface area (Å²) in [4.78, 5) is 11.9. The molecule has 0 saturated carbocycles. The first-order valence-electron chi connectivity index (χ1n) is 6.70. The number of rotatable bonds is 4. The van der Waals surface area contributed by atoms with Crippen molar-refractivity contribution < 1.29 is 9.15 Å². The molecule has 106 valence electrons. The Balaban J connectivity index is 1.88. The number of benzene rings is 2. The molecule has 0 spiro atoms. The monoisotopic (exact) mass is 281 g/mol. The van der Waals surface area contributed by atoms with Gasteiger partial charge in [0, 0.05) is 12.1 Å². The predicted molar refractivity (Wildman–Crippen MR) is 81.1 cm³/mol. The van der Waals surface area contributed by atoms with Gasteiger partial charge < -0.3 is 14.9 Å². The quantitative estimate of drug-likeness (QED) is 0.798. The highest BCUT2D eigenvalue weighted by atomic mass is 16.5. The second-order valence-corrected chi connectivity index (χ2v) is 4.71. The van der Waals surface area contributed by atoms with Crippen LogP contribution in [0, 0.1) is 0 Å². The maximum Gasteiger partial charge on any atom is 0.193 e. The zero-order valence-electron chi connectivity index (χ0n) is 11.4. The molecule has 0 aliphatic heterocycles. The van der Waals surface area contributed by atoms with Crippen molar-refractivity contribution in [2.24, 2.45) is 5.73 Å². The van der Waals surface area contributed by atoms with Gasteiger partial charge in [-0.1, -0.05) is 30.3 Å². The molecule has 0 bridgehead atoms. The first-order chi connectivity index (χ1) is 10.3. The normalized spacial score (nSPS) is 10.7.